The van der Waals surface area contributed by atoms with Gasteiger partial charge in [0.25, 0.3) is 0 Å². The van der Waals surface area contributed by atoms with E-state index in [2.05, 4.69) is 38.1 Å². The number of nitrogens with two attached hydrogens (primary N) is 1. The molecule has 0 aromatic heterocycles. The summed E-state index contributed by atoms with van der Waals surface area (Å²) in [5.74, 6) is 0.415. The van der Waals surface area contributed by atoms with E-state index in [0.29, 0.717) is 12.3 Å². The number of benzene rings is 2. The second-order valence-electron chi connectivity index (χ2n) is 6.52. The first kappa shape index (κ1) is 15.7. The summed E-state index contributed by atoms with van der Waals surface area (Å²) in [4.78, 5) is 0. The predicted molar refractivity (Wildman–Crippen MR) is 86.6 cm³/mol. The highest BCUT2D eigenvalue weighted by molar-refractivity contribution is 5.31. The van der Waals surface area contributed by atoms with Gasteiger partial charge >= 0.3 is 0 Å². The van der Waals surface area contributed by atoms with E-state index in [9.17, 15) is 4.39 Å². The molecular weight excluding hydrogens is 261 g/mol. The summed E-state index contributed by atoms with van der Waals surface area (Å²) in [5, 5.41) is 0. The Kier molecular flexibility index (Phi) is 4.79. The maximum Gasteiger partial charge on any atom is 0.123 e. The SMILES string of the molecule is CC(C)Cc1cccc(C(C)(N)Cc2ccc(F)cc2)c1. The van der Waals surface area contributed by atoms with Crippen molar-refractivity contribution in [3.8, 4) is 0 Å². The van der Waals surface area contributed by atoms with Crippen LogP contribution in [0.1, 0.15) is 37.5 Å². The molecule has 1 atom stereocenters. The molecule has 1 unspecified atom stereocenters. The van der Waals surface area contributed by atoms with E-state index in [1.165, 1.54) is 17.7 Å². The molecule has 21 heavy (non-hydrogen) atoms. The molecule has 0 aliphatic carbocycles. The van der Waals surface area contributed by atoms with Crippen molar-refractivity contribution >= 4 is 0 Å². The zero-order valence-corrected chi connectivity index (χ0v) is 13.1. The fraction of sp³-hybridized carbons (Fsp3) is 0.368. The first-order valence-corrected chi connectivity index (χ1v) is 7.49. The van der Waals surface area contributed by atoms with Crippen molar-refractivity contribution in [1.82, 2.24) is 0 Å². The Balaban J connectivity index is 2.20. The summed E-state index contributed by atoms with van der Waals surface area (Å²) >= 11 is 0. The molecule has 0 fully saturated rings. The molecule has 2 aromatic carbocycles. The van der Waals surface area contributed by atoms with Gasteiger partial charge in [-0.2, -0.15) is 0 Å². The summed E-state index contributed by atoms with van der Waals surface area (Å²) in [6, 6.07) is 15.1. The Morgan fingerprint density at radius 1 is 1.05 bits per heavy atom. The van der Waals surface area contributed by atoms with Gasteiger partial charge < -0.3 is 5.73 Å². The quantitative estimate of drug-likeness (QED) is 0.863. The predicted octanol–water partition coefficient (Wildman–Crippen LogP) is 4.44. The highest BCUT2D eigenvalue weighted by Gasteiger charge is 2.22. The van der Waals surface area contributed by atoms with Crippen molar-refractivity contribution in [1.29, 1.82) is 0 Å². The summed E-state index contributed by atoms with van der Waals surface area (Å²) in [7, 11) is 0. The molecule has 0 radical (unpaired) electrons. The van der Waals surface area contributed by atoms with Crippen molar-refractivity contribution < 1.29 is 4.39 Å². The zero-order valence-electron chi connectivity index (χ0n) is 13.1. The average molecular weight is 285 g/mol. The van der Waals surface area contributed by atoms with Crippen LogP contribution in [0.2, 0.25) is 0 Å². The molecule has 0 spiro atoms. The van der Waals surface area contributed by atoms with Gasteiger partial charge in [0.15, 0.2) is 0 Å². The normalized spacial score (nSPS) is 14.2. The van der Waals surface area contributed by atoms with Gasteiger partial charge in [0, 0.05) is 5.54 Å². The molecule has 2 aromatic rings. The Morgan fingerprint density at radius 3 is 2.33 bits per heavy atom. The van der Waals surface area contributed by atoms with E-state index in [4.69, 9.17) is 5.73 Å². The number of halogens is 1. The molecule has 0 bridgehead atoms. The molecular formula is C19H24FN. The summed E-state index contributed by atoms with van der Waals surface area (Å²) in [6.07, 6.45) is 1.75. The van der Waals surface area contributed by atoms with Gasteiger partial charge in [-0.3, -0.25) is 0 Å². The van der Waals surface area contributed by atoms with Crippen LogP contribution in [0.3, 0.4) is 0 Å². The number of hydrogen-bond donors (Lipinski definition) is 1. The molecule has 112 valence electrons. The van der Waals surface area contributed by atoms with E-state index in [0.717, 1.165) is 17.5 Å². The van der Waals surface area contributed by atoms with Crippen LogP contribution in [0.15, 0.2) is 48.5 Å². The van der Waals surface area contributed by atoms with Gasteiger partial charge in [-0.25, -0.2) is 4.39 Å². The lowest BCUT2D eigenvalue weighted by Gasteiger charge is -2.26. The first-order valence-electron chi connectivity index (χ1n) is 7.49. The Labute approximate surface area is 127 Å². The topological polar surface area (TPSA) is 26.0 Å². The monoisotopic (exact) mass is 285 g/mol. The highest BCUT2D eigenvalue weighted by Crippen LogP contribution is 2.24. The van der Waals surface area contributed by atoms with E-state index >= 15 is 0 Å². The van der Waals surface area contributed by atoms with Gasteiger partial charge in [0.2, 0.25) is 0 Å². The fourth-order valence-electron chi connectivity index (χ4n) is 2.65. The van der Waals surface area contributed by atoms with Crippen LogP contribution in [0.25, 0.3) is 0 Å². The summed E-state index contributed by atoms with van der Waals surface area (Å²) in [6.45, 7) is 6.46. The van der Waals surface area contributed by atoms with E-state index in [-0.39, 0.29) is 5.82 Å². The Morgan fingerprint density at radius 2 is 1.71 bits per heavy atom. The lowest BCUT2D eigenvalue weighted by molar-refractivity contribution is 0.489. The van der Waals surface area contributed by atoms with Gasteiger partial charge in [-0.15, -0.1) is 0 Å². The van der Waals surface area contributed by atoms with Crippen molar-refractivity contribution in [3.05, 3.63) is 71.0 Å². The van der Waals surface area contributed by atoms with Crippen LogP contribution in [0.5, 0.6) is 0 Å². The lowest BCUT2D eigenvalue weighted by atomic mass is 9.85. The van der Waals surface area contributed by atoms with Gasteiger partial charge in [0.05, 0.1) is 0 Å². The van der Waals surface area contributed by atoms with Crippen molar-refractivity contribution in [2.24, 2.45) is 11.7 Å². The zero-order chi connectivity index (χ0) is 15.5. The van der Waals surface area contributed by atoms with Crippen molar-refractivity contribution in [3.63, 3.8) is 0 Å². The third-order valence-corrected chi connectivity index (χ3v) is 3.72. The molecule has 0 heterocycles. The summed E-state index contributed by atoms with van der Waals surface area (Å²) in [5.41, 5.74) is 9.56. The molecule has 2 heteroatoms. The average Bonchev–Trinajstić information content (AvgIpc) is 2.41. The number of hydrogen-bond acceptors (Lipinski definition) is 1. The first-order chi connectivity index (χ1) is 9.87. The molecule has 2 rings (SSSR count). The second kappa shape index (κ2) is 6.40. The molecule has 1 nitrogen and oxygen atoms in total. The van der Waals surface area contributed by atoms with Crippen LogP contribution in [0.4, 0.5) is 4.39 Å². The molecule has 0 amide bonds. The van der Waals surface area contributed by atoms with E-state index in [1.54, 1.807) is 12.1 Å². The Hall–Kier alpha value is -1.67. The molecule has 0 aliphatic rings. The summed E-state index contributed by atoms with van der Waals surface area (Å²) < 4.78 is 13.0. The molecule has 0 saturated carbocycles. The maximum absolute atomic E-state index is 13.0. The standard InChI is InChI=1S/C19H24FN/c1-14(2)11-16-5-4-6-17(12-16)19(3,21)13-15-7-9-18(20)10-8-15/h4-10,12,14H,11,13,21H2,1-3H3. The maximum atomic E-state index is 13.0. The minimum absolute atomic E-state index is 0.212. The second-order valence-corrected chi connectivity index (χ2v) is 6.52. The molecule has 2 N–H and O–H groups in total. The smallest absolute Gasteiger partial charge is 0.123 e. The van der Waals surface area contributed by atoms with Crippen LogP contribution in [0, 0.1) is 11.7 Å². The molecule has 0 saturated heterocycles. The third kappa shape index (κ3) is 4.40. The molecule has 0 aliphatic heterocycles. The van der Waals surface area contributed by atoms with Crippen molar-refractivity contribution in [2.45, 2.75) is 39.2 Å². The van der Waals surface area contributed by atoms with Gasteiger partial charge in [-0.1, -0.05) is 50.2 Å². The minimum Gasteiger partial charge on any atom is -0.321 e. The number of rotatable bonds is 5. The third-order valence-electron chi connectivity index (χ3n) is 3.72. The Bertz CT molecular complexity index is 585. The van der Waals surface area contributed by atoms with Crippen LogP contribution >= 0.6 is 0 Å². The minimum atomic E-state index is -0.454. The van der Waals surface area contributed by atoms with Gasteiger partial charge in [0.1, 0.15) is 5.82 Å². The van der Waals surface area contributed by atoms with Crippen LogP contribution < -0.4 is 5.73 Å². The fourth-order valence-corrected chi connectivity index (χ4v) is 2.65. The lowest BCUT2D eigenvalue weighted by Crippen LogP contribution is -2.35. The highest BCUT2D eigenvalue weighted by atomic mass is 19.1. The van der Waals surface area contributed by atoms with Crippen molar-refractivity contribution in [2.75, 3.05) is 0 Å². The van der Waals surface area contributed by atoms with E-state index in [1.807, 2.05) is 6.92 Å². The largest absolute Gasteiger partial charge is 0.321 e. The van der Waals surface area contributed by atoms with Gasteiger partial charge in [-0.05, 0) is 54.5 Å². The van der Waals surface area contributed by atoms with Crippen LogP contribution in [-0.2, 0) is 18.4 Å². The van der Waals surface area contributed by atoms with E-state index < -0.39 is 5.54 Å². The van der Waals surface area contributed by atoms with Crippen LogP contribution in [-0.4, -0.2) is 0 Å².